The van der Waals surface area contributed by atoms with E-state index in [0.29, 0.717) is 12.0 Å². The monoisotopic (exact) mass is 280 g/mol. The van der Waals surface area contributed by atoms with E-state index in [-0.39, 0.29) is 11.9 Å². The van der Waals surface area contributed by atoms with E-state index in [0.717, 1.165) is 29.0 Å². The predicted molar refractivity (Wildman–Crippen MR) is 79.1 cm³/mol. The van der Waals surface area contributed by atoms with E-state index >= 15 is 0 Å². The Labute approximate surface area is 123 Å². The van der Waals surface area contributed by atoms with Gasteiger partial charge in [0.25, 0.3) is 0 Å². The minimum Gasteiger partial charge on any atom is -0.490 e. The summed E-state index contributed by atoms with van der Waals surface area (Å²) < 4.78 is 11.5. The fourth-order valence-corrected chi connectivity index (χ4v) is 3.09. The van der Waals surface area contributed by atoms with Gasteiger partial charge in [-0.05, 0) is 42.3 Å². The lowest BCUT2D eigenvalue weighted by molar-refractivity contribution is 0.0824. The number of carbonyl (C=O) groups excluding carboxylic acids is 1. The van der Waals surface area contributed by atoms with Crippen LogP contribution in [-0.2, 0) is 12.8 Å². The molecule has 2 aromatic rings. The lowest BCUT2D eigenvalue weighted by Crippen LogP contribution is -2.25. The molecule has 21 heavy (non-hydrogen) atoms. The zero-order chi connectivity index (χ0) is 14.4. The minimum absolute atomic E-state index is 0.0496. The molecule has 2 aliphatic heterocycles. The molecule has 0 amide bonds. The molecule has 0 radical (unpaired) electrons. The van der Waals surface area contributed by atoms with Crippen molar-refractivity contribution in [1.82, 2.24) is 0 Å². The van der Waals surface area contributed by atoms with Crippen molar-refractivity contribution in [2.24, 2.45) is 0 Å². The third-order valence-corrected chi connectivity index (χ3v) is 4.12. The Kier molecular flexibility index (Phi) is 2.74. The van der Waals surface area contributed by atoms with Crippen molar-refractivity contribution in [2.45, 2.75) is 32.0 Å². The van der Waals surface area contributed by atoms with E-state index in [2.05, 4.69) is 0 Å². The van der Waals surface area contributed by atoms with Gasteiger partial charge in [-0.3, -0.25) is 4.79 Å². The molecule has 0 aliphatic carbocycles. The average molecular weight is 280 g/mol. The van der Waals surface area contributed by atoms with Crippen LogP contribution in [0.15, 0.2) is 42.5 Å². The first-order chi connectivity index (χ1) is 10.2. The number of rotatable bonds is 2. The molecule has 0 fully saturated rings. The number of ketones is 1. The van der Waals surface area contributed by atoms with Crippen molar-refractivity contribution in [3.05, 3.63) is 59.2 Å². The highest BCUT2D eigenvalue weighted by atomic mass is 16.5. The van der Waals surface area contributed by atoms with Crippen molar-refractivity contribution in [2.75, 3.05) is 0 Å². The van der Waals surface area contributed by atoms with Gasteiger partial charge in [-0.25, -0.2) is 0 Å². The zero-order valence-corrected chi connectivity index (χ0v) is 11.8. The number of para-hydroxylation sites is 1. The largest absolute Gasteiger partial charge is 0.490 e. The number of Topliss-reactive ketones (excluding diaryl/α,β-unsaturated/α-hetero) is 1. The van der Waals surface area contributed by atoms with Gasteiger partial charge in [-0.1, -0.05) is 18.2 Å². The maximum Gasteiger partial charge on any atom is 0.203 e. The maximum absolute atomic E-state index is 12.6. The lowest BCUT2D eigenvalue weighted by Gasteiger charge is -2.10. The second kappa shape index (κ2) is 4.62. The van der Waals surface area contributed by atoms with Gasteiger partial charge in [0, 0.05) is 18.4 Å². The van der Waals surface area contributed by atoms with Crippen LogP contribution in [0.3, 0.4) is 0 Å². The fraction of sp³-hybridized carbons (Fsp3) is 0.278. The first-order valence-corrected chi connectivity index (χ1v) is 7.29. The van der Waals surface area contributed by atoms with Crippen molar-refractivity contribution >= 4 is 5.78 Å². The molecule has 2 aromatic carbocycles. The summed E-state index contributed by atoms with van der Waals surface area (Å²) in [6.07, 6.45) is 1.30. The molecular weight excluding hydrogens is 264 g/mol. The summed E-state index contributed by atoms with van der Waals surface area (Å²) in [5.41, 5.74) is 2.93. The number of hydrogen-bond acceptors (Lipinski definition) is 3. The van der Waals surface area contributed by atoms with Crippen LogP contribution in [0.5, 0.6) is 11.5 Å². The minimum atomic E-state index is -0.403. The van der Waals surface area contributed by atoms with E-state index in [9.17, 15) is 4.79 Å². The van der Waals surface area contributed by atoms with E-state index in [1.165, 1.54) is 0 Å². The Bertz CT molecular complexity index is 695. The second-order valence-corrected chi connectivity index (χ2v) is 5.74. The molecule has 0 bridgehead atoms. The summed E-state index contributed by atoms with van der Waals surface area (Å²) in [5, 5.41) is 0. The van der Waals surface area contributed by atoms with Gasteiger partial charge in [0.05, 0.1) is 0 Å². The van der Waals surface area contributed by atoms with Gasteiger partial charge in [0.1, 0.15) is 17.6 Å². The van der Waals surface area contributed by atoms with E-state index in [4.69, 9.17) is 9.47 Å². The van der Waals surface area contributed by atoms with Crippen LogP contribution in [0.25, 0.3) is 0 Å². The molecule has 0 saturated heterocycles. The summed E-state index contributed by atoms with van der Waals surface area (Å²) >= 11 is 0. The normalized spacial score (nSPS) is 22.1. The zero-order valence-electron chi connectivity index (χ0n) is 11.8. The van der Waals surface area contributed by atoms with Crippen LogP contribution >= 0.6 is 0 Å². The Balaban J connectivity index is 1.58. The van der Waals surface area contributed by atoms with Crippen LogP contribution in [0.4, 0.5) is 0 Å². The third-order valence-electron chi connectivity index (χ3n) is 4.12. The standard InChI is InChI=1S/C18H16O3/c1-11-8-14-9-13(6-7-16(14)20-11)18(19)17-10-12-4-2-3-5-15(12)21-17/h2-7,9,11,17H,8,10H2,1H3. The molecule has 4 rings (SSSR count). The highest BCUT2D eigenvalue weighted by Crippen LogP contribution is 2.32. The Hall–Kier alpha value is -2.29. The molecule has 3 nitrogen and oxygen atoms in total. The molecule has 0 N–H and O–H groups in total. The molecule has 0 aromatic heterocycles. The van der Waals surface area contributed by atoms with Gasteiger partial charge < -0.3 is 9.47 Å². The molecule has 0 saturated carbocycles. The Morgan fingerprint density at radius 3 is 2.67 bits per heavy atom. The van der Waals surface area contributed by atoms with Crippen molar-refractivity contribution in [3.8, 4) is 11.5 Å². The predicted octanol–water partition coefficient (Wildman–Crippen LogP) is 3.20. The van der Waals surface area contributed by atoms with Crippen LogP contribution in [0.2, 0.25) is 0 Å². The van der Waals surface area contributed by atoms with Crippen LogP contribution in [0, 0.1) is 0 Å². The summed E-state index contributed by atoms with van der Waals surface area (Å²) in [6.45, 7) is 2.04. The van der Waals surface area contributed by atoms with Gasteiger partial charge in [-0.2, -0.15) is 0 Å². The summed E-state index contributed by atoms with van der Waals surface area (Å²) in [7, 11) is 0. The van der Waals surface area contributed by atoms with Gasteiger partial charge >= 0.3 is 0 Å². The maximum atomic E-state index is 12.6. The number of benzene rings is 2. The van der Waals surface area contributed by atoms with E-state index in [1.807, 2.05) is 49.4 Å². The number of hydrogen-bond donors (Lipinski definition) is 0. The molecular formula is C18H16O3. The number of carbonyl (C=O) groups is 1. The van der Waals surface area contributed by atoms with Gasteiger partial charge in [-0.15, -0.1) is 0 Å². The highest BCUT2D eigenvalue weighted by Gasteiger charge is 2.30. The lowest BCUT2D eigenvalue weighted by atomic mass is 9.99. The van der Waals surface area contributed by atoms with Crippen molar-refractivity contribution in [3.63, 3.8) is 0 Å². The third kappa shape index (κ3) is 2.09. The SMILES string of the molecule is CC1Cc2cc(C(=O)C3Cc4ccccc4O3)ccc2O1. The molecule has 106 valence electrons. The molecule has 0 spiro atoms. The van der Waals surface area contributed by atoms with Crippen LogP contribution in [-0.4, -0.2) is 18.0 Å². The van der Waals surface area contributed by atoms with Gasteiger partial charge in [0.2, 0.25) is 5.78 Å². The molecule has 2 unspecified atom stereocenters. The van der Waals surface area contributed by atoms with Crippen LogP contribution < -0.4 is 9.47 Å². The topological polar surface area (TPSA) is 35.5 Å². The molecule has 2 aliphatic rings. The summed E-state index contributed by atoms with van der Waals surface area (Å²) in [4.78, 5) is 12.6. The number of ether oxygens (including phenoxy) is 2. The molecule has 2 heterocycles. The Morgan fingerprint density at radius 2 is 1.81 bits per heavy atom. The van der Waals surface area contributed by atoms with Crippen molar-refractivity contribution in [1.29, 1.82) is 0 Å². The molecule has 2 atom stereocenters. The first kappa shape index (κ1) is 12.5. The van der Waals surface area contributed by atoms with E-state index < -0.39 is 6.10 Å². The first-order valence-electron chi connectivity index (χ1n) is 7.29. The number of fused-ring (bicyclic) bond motifs is 2. The highest BCUT2D eigenvalue weighted by molar-refractivity contribution is 6.00. The molecule has 3 heteroatoms. The quantitative estimate of drug-likeness (QED) is 0.792. The van der Waals surface area contributed by atoms with E-state index in [1.54, 1.807) is 0 Å². The summed E-state index contributed by atoms with van der Waals surface area (Å²) in [6, 6.07) is 13.5. The summed E-state index contributed by atoms with van der Waals surface area (Å²) in [5.74, 6) is 1.78. The van der Waals surface area contributed by atoms with Gasteiger partial charge in [0.15, 0.2) is 6.10 Å². The van der Waals surface area contributed by atoms with Crippen molar-refractivity contribution < 1.29 is 14.3 Å². The Morgan fingerprint density at radius 1 is 1.00 bits per heavy atom. The van der Waals surface area contributed by atoms with Crippen LogP contribution in [0.1, 0.15) is 28.4 Å². The smallest absolute Gasteiger partial charge is 0.203 e. The second-order valence-electron chi connectivity index (χ2n) is 5.74. The average Bonchev–Trinajstić information content (AvgIpc) is 3.07. The fourth-order valence-electron chi connectivity index (χ4n) is 3.09.